The molecule has 3 heterocycles. The molecule has 4 rings (SSSR count). The number of anilines is 1. The van der Waals surface area contributed by atoms with Gasteiger partial charge in [0.1, 0.15) is 0 Å². The van der Waals surface area contributed by atoms with Gasteiger partial charge in [-0.3, -0.25) is 19.5 Å². The second-order valence-corrected chi connectivity index (χ2v) is 12.9. The van der Waals surface area contributed by atoms with Crippen molar-refractivity contribution in [2.75, 3.05) is 44.7 Å². The Kier molecular flexibility index (Phi) is 11.9. The summed E-state index contributed by atoms with van der Waals surface area (Å²) in [5.41, 5.74) is 13.9. The lowest BCUT2D eigenvalue weighted by Gasteiger charge is -2.36. The summed E-state index contributed by atoms with van der Waals surface area (Å²) in [5.74, 6) is -0.204. The third-order valence-electron chi connectivity index (χ3n) is 9.04. The lowest BCUT2D eigenvalue weighted by atomic mass is 9.95. The second-order valence-electron chi connectivity index (χ2n) is 12.9. The van der Waals surface area contributed by atoms with E-state index in [0.29, 0.717) is 11.1 Å². The third-order valence-corrected chi connectivity index (χ3v) is 9.04. The molecule has 1 aromatic carbocycles. The number of rotatable bonds is 13. The van der Waals surface area contributed by atoms with E-state index >= 15 is 0 Å². The number of carbonyl (C=O) groups is 1. The predicted octanol–water partition coefficient (Wildman–Crippen LogP) is 4.77. The number of aromatic nitrogens is 2. The van der Waals surface area contributed by atoms with Gasteiger partial charge < -0.3 is 25.8 Å². The first-order valence-corrected chi connectivity index (χ1v) is 16.5. The largest absolute Gasteiger partial charge is 0.369 e. The van der Waals surface area contributed by atoms with Crippen LogP contribution in [-0.2, 0) is 13.1 Å². The van der Waals surface area contributed by atoms with Gasteiger partial charge in [0.25, 0.3) is 11.5 Å². The molecule has 244 valence electrons. The van der Waals surface area contributed by atoms with Gasteiger partial charge in [0.15, 0.2) is 0 Å². The van der Waals surface area contributed by atoms with Crippen molar-refractivity contribution >= 4 is 11.6 Å². The van der Waals surface area contributed by atoms with Gasteiger partial charge >= 0.3 is 0 Å². The fourth-order valence-electron chi connectivity index (χ4n) is 6.48. The van der Waals surface area contributed by atoms with E-state index in [1.54, 1.807) is 0 Å². The Morgan fingerprint density at radius 1 is 1.09 bits per heavy atom. The van der Waals surface area contributed by atoms with E-state index < -0.39 is 0 Å². The molecular formula is C36H53N7O2. The first kappa shape index (κ1) is 34.3. The van der Waals surface area contributed by atoms with Gasteiger partial charge in [0.2, 0.25) is 0 Å². The minimum absolute atomic E-state index is 0.0646. The number of hydrogen-bond acceptors (Lipinski definition) is 7. The maximum Gasteiger partial charge on any atom is 0.253 e. The van der Waals surface area contributed by atoms with Crippen molar-refractivity contribution in [3.63, 3.8) is 0 Å². The number of aromatic amines is 1. The summed E-state index contributed by atoms with van der Waals surface area (Å²) in [7, 11) is 2.17. The Morgan fingerprint density at radius 2 is 1.82 bits per heavy atom. The SMILES string of the molecule is CCCC(CC(C)N)N(CC)c1cc(-c2ccc(CN3CCN(C)CC3)nc2)cc(C(=O)NCc2c(C)cc(C)[nH]c2=O)c1C. The van der Waals surface area contributed by atoms with Crippen molar-refractivity contribution in [2.24, 2.45) is 5.73 Å². The van der Waals surface area contributed by atoms with Crippen LogP contribution in [0.3, 0.4) is 0 Å². The van der Waals surface area contributed by atoms with E-state index in [1.165, 1.54) is 0 Å². The zero-order chi connectivity index (χ0) is 32.7. The normalized spacial score (nSPS) is 15.6. The van der Waals surface area contributed by atoms with E-state index in [1.807, 2.05) is 39.1 Å². The molecule has 3 aromatic rings. The van der Waals surface area contributed by atoms with Crippen LogP contribution < -0.4 is 21.5 Å². The van der Waals surface area contributed by atoms with Crippen LogP contribution in [0.15, 0.2) is 41.3 Å². The molecule has 1 aliphatic rings. The zero-order valence-electron chi connectivity index (χ0n) is 28.4. The van der Waals surface area contributed by atoms with Crippen LogP contribution in [0, 0.1) is 20.8 Å². The topological polar surface area (TPSA) is 111 Å². The maximum absolute atomic E-state index is 13.9. The minimum Gasteiger partial charge on any atom is -0.369 e. The van der Waals surface area contributed by atoms with Crippen molar-refractivity contribution in [1.82, 2.24) is 25.1 Å². The van der Waals surface area contributed by atoms with E-state index in [9.17, 15) is 9.59 Å². The van der Waals surface area contributed by atoms with Crippen molar-refractivity contribution in [1.29, 1.82) is 0 Å². The molecule has 1 fully saturated rings. The summed E-state index contributed by atoms with van der Waals surface area (Å²) < 4.78 is 0. The molecule has 0 aliphatic carbocycles. The number of nitrogens with zero attached hydrogens (tertiary/aromatic N) is 4. The minimum atomic E-state index is -0.204. The van der Waals surface area contributed by atoms with Crippen LogP contribution in [0.25, 0.3) is 11.1 Å². The number of hydrogen-bond donors (Lipinski definition) is 3. The molecule has 1 saturated heterocycles. The molecule has 1 amide bonds. The molecule has 0 saturated carbocycles. The van der Waals surface area contributed by atoms with Crippen LogP contribution >= 0.6 is 0 Å². The van der Waals surface area contributed by atoms with Crippen LogP contribution in [0.5, 0.6) is 0 Å². The Balaban J connectivity index is 1.70. The zero-order valence-corrected chi connectivity index (χ0v) is 28.4. The summed E-state index contributed by atoms with van der Waals surface area (Å²) in [5, 5.41) is 3.04. The number of amides is 1. The van der Waals surface area contributed by atoms with Gasteiger partial charge in [-0.05, 0) is 95.5 Å². The van der Waals surface area contributed by atoms with Crippen molar-refractivity contribution in [2.45, 2.75) is 86.0 Å². The van der Waals surface area contributed by atoms with E-state index in [-0.39, 0.29) is 30.1 Å². The molecule has 45 heavy (non-hydrogen) atoms. The van der Waals surface area contributed by atoms with Gasteiger partial charge in [0, 0.05) is 92.2 Å². The van der Waals surface area contributed by atoms with Gasteiger partial charge in [0.05, 0.1) is 5.69 Å². The average Bonchev–Trinajstić information content (AvgIpc) is 2.99. The van der Waals surface area contributed by atoms with Crippen LogP contribution in [0.2, 0.25) is 0 Å². The van der Waals surface area contributed by atoms with Crippen molar-refractivity contribution in [3.8, 4) is 11.1 Å². The summed E-state index contributed by atoms with van der Waals surface area (Å²) in [6.45, 7) is 18.2. The number of nitrogens with one attached hydrogen (secondary N) is 2. The lowest BCUT2D eigenvalue weighted by molar-refractivity contribution is 0.0950. The van der Waals surface area contributed by atoms with E-state index in [2.05, 4.69) is 71.0 Å². The van der Waals surface area contributed by atoms with Crippen LogP contribution in [0.4, 0.5) is 5.69 Å². The molecule has 2 atom stereocenters. The molecular weight excluding hydrogens is 562 g/mol. The fraction of sp³-hybridized carbons (Fsp3) is 0.528. The highest BCUT2D eigenvalue weighted by molar-refractivity contribution is 5.99. The summed E-state index contributed by atoms with van der Waals surface area (Å²) in [6.07, 6.45) is 4.85. The van der Waals surface area contributed by atoms with Crippen molar-refractivity contribution < 1.29 is 4.79 Å². The predicted molar refractivity (Wildman–Crippen MR) is 185 cm³/mol. The van der Waals surface area contributed by atoms with Gasteiger partial charge in [-0.1, -0.05) is 19.4 Å². The Bertz CT molecular complexity index is 1490. The number of aryl methyl sites for hydroxylation is 2. The number of carbonyl (C=O) groups excluding carboxylic acids is 1. The maximum atomic E-state index is 13.9. The highest BCUT2D eigenvalue weighted by Crippen LogP contribution is 2.34. The molecule has 9 nitrogen and oxygen atoms in total. The molecule has 0 spiro atoms. The fourth-order valence-corrected chi connectivity index (χ4v) is 6.48. The molecule has 2 unspecified atom stereocenters. The molecule has 1 aliphatic heterocycles. The monoisotopic (exact) mass is 615 g/mol. The first-order chi connectivity index (χ1) is 21.5. The third kappa shape index (κ3) is 8.81. The average molecular weight is 616 g/mol. The number of piperazine rings is 1. The standard InChI is InChI=1S/C36H53N7O2/c1-8-10-31(18-25(4)37)43(9-2)34-20-29(28-11-12-30(38-21-28)23-42-15-13-41(7)14-16-42)19-32(27(34)6)35(44)39-22-33-24(3)17-26(5)40-36(33)45/h11-12,17,19-21,25,31H,8-10,13-16,18,22-23,37H2,1-7H3,(H,39,44)(H,40,45). The summed E-state index contributed by atoms with van der Waals surface area (Å²) in [6, 6.07) is 10.6. The van der Waals surface area contributed by atoms with Crippen LogP contribution in [-0.4, -0.2) is 77.5 Å². The molecule has 9 heteroatoms. The number of H-pyrrole nitrogens is 1. The highest BCUT2D eigenvalue weighted by Gasteiger charge is 2.24. The number of pyridine rings is 2. The van der Waals surface area contributed by atoms with Gasteiger partial charge in [-0.15, -0.1) is 0 Å². The van der Waals surface area contributed by atoms with E-state index in [4.69, 9.17) is 10.7 Å². The molecule has 4 N–H and O–H groups in total. The summed E-state index contributed by atoms with van der Waals surface area (Å²) >= 11 is 0. The Hall–Kier alpha value is -3.53. The van der Waals surface area contributed by atoms with E-state index in [0.717, 1.165) is 97.9 Å². The quantitative estimate of drug-likeness (QED) is 0.254. The van der Waals surface area contributed by atoms with Crippen molar-refractivity contribution in [3.05, 3.63) is 80.5 Å². The number of likely N-dealkylation sites (N-methyl/N-ethyl adjacent to an activating group) is 1. The molecule has 0 bridgehead atoms. The summed E-state index contributed by atoms with van der Waals surface area (Å²) in [4.78, 5) is 41.4. The van der Waals surface area contributed by atoms with Gasteiger partial charge in [-0.2, -0.15) is 0 Å². The first-order valence-electron chi connectivity index (χ1n) is 16.5. The smallest absolute Gasteiger partial charge is 0.253 e. The lowest BCUT2D eigenvalue weighted by Crippen LogP contribution is -2.43. The second kappa shape index (κ2) is 15.7. The van der Waals surface area contributed by atoms with Gasteiger partial charge in [-0.25, -0.2) is 0 Å². The highest BCUT2D eigenvalue weighted by atomic mass is 16.1. The Morgan fingerprint density at radius 3 is 2.42 bits per heavy atom. The van der Waals surface area contributed by atoms with Crippen LogP contribution in [0.1, 0.15) is 78.5 Å². The number of benzene rings is 1. The Labute approximate surface area is 269 Å². The molecule has 2 aromatic heterocycles. The number of nitrogens with two attached hydrogens (primary N) is 1. The molecule has 0 radical (unpaired) electrons.